The maximum absolute atomic E-state index is 12.9. The fourth-order valence-electron chi connectivity index (χ4n) is 4.49. The van der Waals surface area contributed by atoms with Crippen LogP contribution in [0.1, 0.15) is 17.2 Å². The van der Waals surface area contributed by atoms with Crippen molar-refractivity contribution in [2.24, 2.45) is 11.8 Å². The van der Waals surface area contributed by atoms with Crippen LogP contribution >= 0.6 is 11.5 Å². The van der Waals surface area contributed by atoms with Gasteiger partial charge in [0.05, 0.1) is 6.04 Å². The second kappa shape index (κ2) is 7.24. The number of likely N-dealkylation sites (tertiary alicyclic amines) is 1. The number of carbonyl (C=O) groups excluding carboxylic acids is 1. The summed E-state index contributed by atoms with van der Waals surface area (Å²) in [5, 5.41) is 0.979. The molecule has 3 heterocycles. The summed E-state index contributed by atoms with van der Waals surface area (Å²) in [6.45, 7) is 4.76. The highest BCUT2D eigenvalue weighted by molar-refractivity contribution is 7.09. The van der Waals surface area contributed by atoms with Gasteiger partial charge in [0.2, 0.25) is 11.1 Å². The standard InChI is InChI=1S/C20H28N6OS/c1-13-8-6-7-9-15(13)17-16-12-25(19-21-18(22-28-19)23(2)3)10-14(16)11-26(17)20(27)24(4)5/h6-9,14,16-17H,10-12H2,1-5H3/t14-,16-,17+/m1/s1. The Morgan fingerprint density at radius 2 is 1.89 bits per heavy atom. The van der Waals surface area contributed by atoms with Crippen LogP contribution in [-0.4, -0.2) is 73.0 Å². The van der Waals surface area contributed by atoms with E-state index in [0.29, 0.717) is 11.8 Å². The lowest BCUT2D eigenvalue weighted by Gasteiger charge is -2.32. The summed E-state index contributed by atoms with van der Waals surface area (Å²) in [4.78, 5) is 25.6. The monoisotopic (exact) mass is 400 g/mol. The van der Waals surface area contributed by atoms with Crippen molar-refractivity contribution in [1.29, 1.82) is 0 Å². The highest BCUT2D eigenvalue weighted by Crippen LogP contribution is 2.47. The number of aryl methyl sites for hydroxylation is 1. The highest BCUT2D eigenvalue weighted by atomic mass is 32.1. The second-order valence-electron chi connectivity index (χ2n) is 8.23. The molecule has 2 aliphatic heterocycles. The van der Waals surface area contributed by atoms with Crippen LogP contribution in [-0.2, 0) is 0 Å². The van der Waals surface area contributed by atoms with Gasteiger partial charge in [-0.15, -0.1) is 0 Å². The average molecular weight is 401 g/mol. The van der Waals surface area contributed by atoms with Crippen LogP contribution < -0.4 is 9.80 Å². The van der Waals surface area contributed by atoms with Crippen molar-refractivity contribution in [2.75, 3.05) is 57.6 Å². The summed E-state index contributed by atoms with van der Waals surface area (Å²) in [5.41, 5.74) is 2.51. The van der Waals surface area contributed by atoms with E-state index < -0.39 is 0 Å². The minimum Gasteiger partial charge on any atom is -0.346 e. The summed E-state index contributed by atoms with van der Waals surface area (Å²) < 4.78 is 4.46. The van der Waals surface area contributed by atoms with E-state index in [1.807, 2.05) is 33.1 Å². The first-order valence-corrected chi connectivity index (χ1v) is 10.4. The maximum Gasteiger partial charge on any atom is 0.320 e. The van der Waals surface area contributed by atoms with Crippen LogP contribution in [0.25, 0.3) is 0 Å². The zero-order chi connectivity index (χ0) is 20.0. The van der Waals surface area contributed by atoms with E-state index in [1.54, 1.807) is 4.90 Å². The van der Waals surface area contributed by atoms with E-state index in [-0.39, 0.29) is 12.1 Å². The zero-order valence-corrected chi connectivity index (χ0v) is 18.0. The van der Waals surface area contributed by atoms with Gasteiger partial charge < -0.3 is 19.6 Å². The molecule has 2 fully saturated rings. The van der Waals surface area contributed by atoms with Gasteiger partial charge in [-0.1, -0.05) is 24.3 Å². The molecule has 7 nitrogen and oxygen atoms in total. The largest absolute Gasteiger partial charge is 0.346 e. The molecule has 0 N–H and O–H groups in total. The Labute approximate surface area is 170 Å². The predicted molar refractivity (Wildman–Crippen MR) is 113 cm³/mol. The van der Waals surface area contributed by atoms with E-state index in [2.05, 4.69) is 50.3 Å². The smallest absolute Gasteiger partial charge is 0.320 e. The molecule has 0 aliphatic carbocycles. The molecule has 8 heteroatoms. The predicted octanol–water partition coefficient (Wildman–Crippen LogP) is 2.70. The first-order valence-electron chi connectivity index (χ1n) is 9.66. The topological polar surface area (TPSA) is 55.8 Å². The number of urea groups is 1. The molecule has 4 rings (SSSR count). The number of hydrogen-bond donors (Lipinski definition) is 0. The Kier molecular flexibility index (Phi) is 4.91. The van der Waals surface area contributed by atoms with Gasteiger partial charge in [-0.2, -0.15) is 9.36 Å². The minimum atomic E-state index is 0.0972. The summed E-state index contributed by atoms with van der Waals surface area (Å²) >= 11 is 1.46. The lowest BCUT2D eigenvalue weighted by Crippen LogP contribution is -2.41. The fourth-order valence-corrected chi connectivity index (χ4v) is 5.24. The van der Waals surface area contributed by atoms with Crippen molar-refractivity contribution in [3.05, 3.63) is 35.4 Å². The van der Waals surface area contributed by atoms with Gasteiger partial charge in [0, 0.05) is 71.2 Å². The van der Waals surface area contributed by atoms with E-state index in [1.165, 1.54) is 22.7 Å². The molecule has 2 amide bonds. The number of nitrogens with zero attached hydrogens (tertiary/aromatic N) is 6. The Bertz CT molecular complexity index is 866. The first kappa shape index (κ1) is 19.0. The molecule has 0 saturated carbocycles. The van der Waals surface area contributed by atoms with Gasteiger partial charge >= 0.3 is 6.03 Å². The van der Waals surface area contributed by atoms with E-state index in [4.69, 9.17) is 0 Å². The summed E-state index contributed by atoms with van der Waals surface area (Å²) in [5.74, 6) is 1.61. The van der Waals surface area contributed by atoms with Crippen LogP contribution in [0, 0.1) is 18.8 Å². The molecule has 1 aromatic carbocycles. The Morgan fingerprint density at radius 1 is 1.14 bits per heavy atom. The number of carbonyl (C=O) groups is 1. The number of amides is 2. The lowest BCUT2D eigenvalue weighted by molar-refractivity contribution is 0.159. The van der Waals surface area contributed by atoms with Crippen molar-refractivity contribution in [3.8, 4) is 0 Å². The number of fused-ring (bicyclic) bond motifs is 1. The minimum absolute atomic E-state index is 0.0972. The fraction of sp³-hybridized carbons (Fsp3) is 0.550. The van der Waals surface area contributed by atoms with Gasteiger partial charge in [-0.3, -0.25) is 0 Å². The number of hydrogen-bond acceptors (Lipinski definition) is 6. The molecule has 0 bridgehead atoms. The summed E-state index contributed by atoms with van der Waals surface area (Å²) in [6, 6.07) is 8.66. The van der Waals surface area contributed by atoms with Crippen LogP contribution in [0.15, 0.2) is 24.3 Å². The quantitative estimate of drug-likeness (QED) is 0.793. The lowest BCUT2D eigenvalue weighted by atomic mass is 9.88. The average Bonchev–Trinajstić information content (AvgIpc) is 3.35. The molecular weight excluding hydrogens is 372 g/mol. The third-order valence-electron chi connectivity index (χ3n) is 5.87. The maximum atomic E-state index is 12.9. The Hall–Kier alpha value is -2.35. The molecule has 0 spiro atoms. The number of rotatable bonds is 3. The van der Waals surface area contributed by atoms with Crippen molar-refractivity contribution in [1.82, 2.24) is 19.2 Å². The highest BCUT2D eigenvalue weighted by Gasteiger charge is 2.50. The van der Waals surface area contributed by atoms with Gasteiger partial charge in [-0.25, -0.2) is 4.79 Å². The third kappa shape index (κ3) is 3.19. The molecule has 2 aliphatic rings. The third-order valence-corrected chi connectivity index (χ3v) is 6.64. The Balaban J connectivity index is 1.63. The van der Waals surface area contributed by atoms with Crippen LogP contribution in [0.4, 0.5) is 15.9 Å². The van der Waals surface area contributed by atoms with Gasteiger partial charge in [0.25, 0.3) is 0 Å². The zero-order valence-electron chi connectivity index (χ0n) is 17.2. The number of anilines is 2. The van der Waals surface area contributed by atoms with E-state index >= 15 is 0 Å². The molecule has 0 radical (unpaired) electrons. The SMILES string of the molecule is Cc1ccccc1[C@H]1[C@@H]2CN(c3nc(N(C)C)ns3)C[C@@H]2CN1C(=O)N(C)C. The van der Waals surface area contributed by atoms with E-state index in [0.717, 1.165) is 30.7 Å². The second-order valence-corrected chi connectivity index (χ2v) is 8.96. The van der Waals surface area contributed by atoms with Crippen LogP contribution in [0.3, 0.4) is 0 Å². The molecule has 0 unspecified atom stereocenters. The molecular formula is C20H28N6OS. The van der Waals surface area contributed by atoms with Crippen LogP contribution in [0.2, 0.25) is 0 Å². The molecule has 2 saturated heterocycles. The first-order chi connectivity index (χ1) is 13.4. The van der Waals surface area contributed by atoms with Crippen LogP contribution in [0.5, 0.6) is 0 Å². The van der Waals surface area contributed by atoms with Gasteiger partial charge in [0.1, 0.15) is 0 Å². The van der Waals surface area contributed by atoms with Crippen molar-refractivity contribution >= 4 is 28.6 Å². The number of benzene rings is 1. The number of aromatic nitrogens is 2. The van der Waals surface area contributed by atoms with Crippen molar-refractivity contribution < 1.29 is 4.79 Å². The molecule has 1 aromatic heterocycles. The van der Waals surface area contributed by atoms with Gasteiger partial charge in [0.15, 0.2) is 0 Å². The van der Waals surface area contributed by atoms with Crippen molar-refractivity contribution in [3.63, 3.8) is 0 Å². The summed E-state index contributed by atoms with van der Waals surface area (Å²) in [6.07, 6.45) is 0. The van der Waals surface area contributed by atoms with Gasteiger partial charge in [-0.05, 0) is 18.1 Å². The normalized spacial score (nSPS) is 23.8. The molecule has 2 aromatic rings. The molecule has 150 valence electrons. The van der Waals surface area contributed by atoms with E-state index in [9.17, 15) is 4.79 Å². The molecule has 3 atom stereocenters. The molecule has 28 heavy (non-hydrogen) atoms. The summed E-state index contributed by atoms with van der Waals surface area (Å²) in [7, 11) is 7.59. The Morgan fingerprint density at radius 3 is 2.54 bits per heavy atom. The van der Waals surface area contributed by atoms with Crippen molar-refractivity contribution in [2.45, 2.75) is 13.0 Å².